The normalized spacial score (nSPS) is 11.2. The molecule has 0 heterocycles. The fourth-order valence-electron chi connectivity index (χ4n) is 2.44. The van der Waals surface area contributed by atoms with Crippen molar-refractivity contribution in [3.05, 3.63) is 69.1 Å². The number of anilines is 1. The van der Waals surface area contributed by atoms with Crippen LogP contribution < -0.4 is 14.8 Å². The molecule has 0 atom stereocenters. The maximum Gasteiger partial charge on any atom is 0.321 e. The molecule has 1 amide bonds. The maximum absolute atomic E-state index is 12.0. The number of carbonyl (C=O) groups is 2. The second-order valence-corrected chi connectivity index (χ2v) is 8.04. The summed E-state index contributed by atoms with van der Waals surface area (Å²) in [6.45, 7) is 0.199. The molecule has 0 radical (unpaired) electrons. The summed E-state index contributed by atoms with van der Waals surface area (Å²) in [6.07, 6.45) is 1.36. The summed E-state index contributed by atoms with van der Waals surface area (Å²) in [7, 11) is -2.64. The first kappa shape index (κ1) is 24.5. The Morgan fingerprint density at radius 3 is 2.50 bits per heavy atom. The van der Waals surface area contributed by atoms with Crippen molar-refractivity contribution in [2.75, 3.05) is 25.6 Å². The molecule has 0 aliphatic heterocycles. The SMILES string of the molecule is COc1cc(NC(=O)COC(=O)CNS(=O)(=O)C=Cc2ccccc2)c(C)cc1[N+](=O)[O-]. The van der Waals surface area contributed by atoms with Crippen LogP contribution in [0.15, 0.2) is 47.9 Å². The second-order valence-electron chi connectivity index (χ2n) is 6.38. The lowest BCUT2D eigenvalue weighted by atomic mass is 10.1. The molecular formula is C20H21N3O8S. The van der Waals surface area contributed by atoms with Crippen LogP contribution in [-0.4, -0.2) is 45.5 Å². The van der Waals surface area contributed by atoms with Crippen molar-refractivity contribution in [3.63, 3.8) is 0 Å². The number of carbonyl (C=O) groups excluding carboxylic acids is 2. The van der Waals surface area contributed by atoms with Crippen LogP contribution in [0, 0.1) is 17.0 Å². The fraction of sp³-hybridized carbons (Fsp3) is 0.200. The molecule has 11 nitrogen and oxygen atoms in total. The van der Waals surface area contributed by atoms with E-state index in [4.69, 9.17) is 9.47 Å². The van der Waals surface area contributed by atoms with Crippen LogP contribution in [0.2, 0.25) is 0 Å². The van der Waals surface area contributed by atoms with Crippen LogP contribution in [0.4, 0.5) is 11.4 Å². The number of esters is 1. The molecule has 0 aromatic heterocycles. The van der Waals surface area contributed by atoms with Crippen molar-refractivity contribution in [3.8, 4) is 5.75 Å². The molecule has 0 bridgehead atoms. The van der Waals surface area contributed by atoms with Crippen LogP contribution >= 0.6 is 0 Å². The summed E-state index contributed by atoms with van der Waals surface area (Å²) in [4.78, 5) is 34.2. The second kappa shape index (κ2) is 11.0. The zero-order valence-corrected chi connectivity index (χ0v) is 18.0. The molecule has 0 saturated carbocycles. The number of hydrogen-bond acceptors (Lipinski definition) is 8. The molecule has 170 valence electrons. The van der Waals surface area contributed by atoms with E-state index in [9.17, 15) is 28.1 Å². The number of sulfonamides is 1. The van der Waals surface area contributed by atoms with E-state index in [-0.39, 0.29) is 17.1 Å². The highest BCUT2D eigenvalue weighted by Gasteiger charge is 2.19. The van der Waals surface area contributed by atoms with Gasteiger partial charge in [-0.1, -0.05) is 30.3 Å². The first-order valence-electron chi connectivity index (χ1n) is 9.12. The Hall–Kier alpha value is -3.77. The molecule has 2 rings (SSSR count). The van der Waals surface area contributed by atoms with E-state index < -0.39 is 40.0 Å². The van der Waals surface area contributed by atoms with Crippen molar-refractivity contribution >= 4 is 39.4 Å². The molecule has 32 heavy (non-hydrogen) atoms. The lowest BCUT2D eigenvalue weighted by molar-refractivity contribution is -0.385. The van der Waals surface area contributed by atoms with Gasteiger partial charge in [-0.25, -0.2) is 13.1 Å². The van der Waals surface area contributed by atoms with Crippen LogP contribution in [-0.2, 0) is 24.3 Å². The molecule has 2 N–H and O–H groups in total. The van der Waals surface area contributed by atoms with Gasteiger partial charge in [-0.3, -0.25) is 19.7 Å². The van der Waals surface area contributed by atoms with E-state index >= 15 is 0 Å². The number of hydrogen-bond donors (Lipinski definition) is 2. The molecule has 2 aromatic rings. The number of methoxy groups -OCH3 is 1. The van der Waals surface area contributed by atoms with Crippen molar-refractivity contribution < 1.29 is 32.4 Å². The lowest BCUT2D eigenvalue weighted by Gasteiger charge is -2.11. The molecular weight excluding hydrogens is 442 g/mol. The molecule has 2 aromatic carbocycles. The quantitative estimate of drug-likeness (QED) is 0.308. The standard InChI is InChI=1S/C20H21N3O8S/c1-14-10-17(23(26)27)18(30-2)11-16(14)22-19(24)13-31-20(25)12-21-32(28,29)9-8-15-6-4-3-5-7-15/h3-11,21H,12-13H2,1-2H3,(H,22,24). The van der Waals surface area contributed by atoms with Crippen LogP contribution in [0.1, 0.15) is 11.1 Å². The lowest BCUT2D eigenvalue weighted by Crippen LogP contribution is -2.31. The number of amides is 1. The largest absolute Gasteiger partial charge is 0.490 e. The van der Waals surface area contributed by atoms with Gasteiger partial charge in [0, 0.05) is 23.2 Å². The number of nitro groups is 1. The maximum atomic E-state index is 12.0. The summed E-state index contributed by atoms with van der Waals surface area (Å²) in [6, 6.07) is 11.2. The molecule has 0 fully saturated rings. The Bertz CT molecular complexity index is 1130. The van der Waals surface area contributed by atoms with Gasteiger partial charge in [-0.05, 0) is 24.1 Å². The van der Waals surface area contributed by atoms with Crippen LogP contribution in [0.5, 0.6) is 5.75 Å². The Labute approximate surface area is 184 Å². The third kappa shape index (κ3) is 7.49. The first-order chi connectivity index (χ1) is 15.1. The molecule has 0 saturated heterocycles. The average Bonchev–Trinajstić information content (AvgIpc) is 2.76. The monoisotopic (exact) mass is 463 g/mol. The zero-order valence-electron chi connectivity index (χ0n) is 17.2. The summed E-state index contributed by atoms with van der Waals surface area (Å²) >= 11 is 0. The molecule has 12 heteroatoms. The Balaban J connectivity index is 1.86. The van der Waals surface area contributed by atoms with Gasteiger partial charge < -0.3 is 14.8 Å². The third-order valence-electron chi connectivity index (χ3n) is 4.02. The summed E-state index contributed by atoms with van der Waals surface area (Å²) in [5, 5.41) is 14.4. The number of rotatable bonds is 10. The van der Waals surface area contributed by atoms with Gasteiger partial charge in [0.15, 0.2) is 12.4 Å². The Morgan fingerprint density at radius 2 is 1.88 bits per heavy atom. The minimum absolute atomic E-state index is 0.0501. The Kier molecular flexibility index (Phi) is 8.44. The number of nitrogens with one attached hydrogen (secondary N) is 2. The highest BCUT2D eigenvalue weighted by atomic mass is 32.2. The number of benzene rings is 2. The average molecular weight is 463 g/mol. The number of nitrogens with zero attached hydrogens (tertiary/aromatic N) is 1. The van der Waals surface area contributed by atoms with Gasteiger partial charge in [0.2, 0.25) is 10.0 Å². The molecule has 0 aliphatic rings. The predicted molar refractivity (Wildman–Crippen MR) is 116 cm³/mol. The van der Waals surface area contributed by atoms with Crippen molar-refractivity contribution in [1.29, 1.82) is 0 Å². The molecule has 0 unspecified atom stereocenters. The molecule has 0 spiro atoms. The van der Waals surface area contributed by atoms with Gasteiger partial charge in [0.25, 0.3) is 5.91 Å². The van der Waals surface area contributed by atoms with Crippen LogP contribution in [0.25, 0.3) is 6.08 Å². The van der Waals surface area contributed by atoms with E-state index in [2.05, 4.69) is 5.32 Å². The van der Waals surface area contributed by atoms with E-state index in [1.165, 1.54) is 25.3 Å². The minimum atomic E-state index is -3.89. The third-order valence-corrected chi connectivity index (χ3v) is 5.06. The first-order valence-corrected chi connectivity index (χ1v) is 10.7. The number of aryl methyl sites for hydroxylation is 1. The van der Waals surface area contributed by atoms with Gasteiger partial charge in [-0.15, -0.1) is 0 Å². The van der Waals surface area contributed by atoms with Crippen molar-refractivity contribution in [2.24, 2.45) is 0 Å². The summed E-state index contributed by atoms with van der Waals surface area (Å²) in [5.41, 5.74) is 1.04. The molecule has 0 aliphatic carbocycles. The van der Waals surface area contributed by atoms with Gasteiger partial charge >= 0.3 is 11.7 Å². The topological polar surface area (TPSA) is 154 Å². The van der Waals surface area contributed by atoms with Crippen molar-refractivity contribution in [1.82, 2.24) is 4.72 Å². The number of nitro benzene ring substituents is 1. The van der Waals surface area contributed by atoms with Crippen LogP contribution in [0.3, 0.4) is 0 Å². The Morgan fingerprint density at radius 1 is 1.19 bits per heavy atom. The van der Waals surface area contributed by atoms with E-state index in [0.717, 1.165) is 5.41 Å². The van der Waals surface area contributed by atoms with Crippen molar-refractivity contribution in [2.45, 2.75) is 6.92 Å². The summed E-state index contributed by atoms with van der Waals surface area (Å²) < 4.78 is 35.6. The minimum Gasteiger partial charge on any atom is -0.490 e. The predicted octanol–water partition coefficient (Wildman–Crippen LogP) is 1.98. The van der Waals surface area contributed by atoms with Gasteiger partial charge in [0.1, 0.15) is 6.54 Å². The van der Waals surface area contributed by atoms with E-state index in [1.54, 1.807) is 37.3 Å². The van der Waals surface area contributed by atoms with Gasteiger partial charge in [-0.2, -0.15) is 0 Å². The highest BCUT2D eigenvalue weighted by molar-refractivity contribution is 7.92. The van der Waals surface area contributed by atoms with E-state index in [1.807, 2.05) is 4.72 Å². The fourth-order valence-corrected chi connectivity index (χ4v) is 3.19. The number of ether oxygens (including phenoxy) is 2. The highest BCUT2D eigenvalue weighted by Crippen LogP contribution is 2.32. The summed E-state index contributed by atoms with van der Waals surface area (Å²) in [5.74, 6) is -1.73. The van der Waals surface area contributed by atoms with Gasteiger partial charge in [0.05, 0.1) is 12.0 Å². The zero-order chi connectivity index (χ0) is 23.7. The smallest absolute Gasteiger partial charge is 0.321 e. The van der Waals surface area contributed by atoms with E-state index in [0.29, 0.717) is 11.1 Å².